The van der Waals surface area contributed by atoms with Gasteiger partial charge in [0.05, 0.1) is 11.4 Å². The fraction of sp³-hybridized carbons (Fsp3) is 0.214. The second-order valence-corrected chi connectivity index (χ2v) is 6.34. The number of halogens is 1. The Labute approximate surface area is 123 Å². The number of hydrogen-bond donors (Lipinski definition) is 2. The summed E-state index contributed by atoms with van der Waals surface area (Å²) in [5, 5.41) is 0. The maximum atomic E-state index is 13.6. The normalized spacial score (nSPS) is 11.3. The van der Waals surface area contributed by atoms with Crippen LogP contribution in [0.5, 0.6) is 0 Å². The van der Waals surface area contributed by atoms with Crippen molar-refractivity contribution in [3.8, 4) is 0 Å². The van der Waals surface area contributed by atoms with Crippen molar-refractivity contribution in [2.45, 2.75) is 13.0 Å². The molecule has 1 heterocycles. The molecule has 0 spiro atoms. The van der Waals surface area contributed by atoms with Crippen LogP contribution < -0.4 is 10.5 Å². The number of aryl methyl sites for hydroxylation is 1. The van der Waals surface area contributed by atoms with Crippen LogP contribution in [0, 0.1) is 5.82 Å². The number of nitrogens with two attached hydrogens (primary N) is 1. The summed E-state index contributed by atoms with van der Waals surface area (Å²) < 4.78 is 40.1. The number of sulfonamides is 1. The van der Waals surface area contributed by atoms with Gasteiger partial charge in [0.25, 0.3) is 0 Å². The third-order valence-corrected chi connectivity index (χ3v) is 4.27. The molecule has 0 bridgehead atoms. The second kappa shape index (κ2) is 6.64. The van der Waals surface area contributed by atoms with Crippen LogP contribution in [0.3, 0.4) is 0 Å². The number of nitrogens with zero attached hydrogens (tertiary/aromatic N) is 1. The number of nitrogens with one attached hydrogen (secondary N) is 1. The minimum atomic E-state index is -3.57. The van der Waals surface area contributed by atoms with E-state index in [1.54, 1.807) is 24.5 Å². The van der Waals surface area contributed by atoms with Crippen molar-refractivity contribution in [1.29, 1.82) is 0 Å². The van der Waals surface area contributed by atoms with Gasteiger partial charge in [0.2, 0.25) is 10.0 Å². The zero-order chi connectivity index (χ0) is 15.3. The average Bonchev–Trinajstić information content (AvgIpc) is 2.46. The molecule has 0 saturated heterocycles. The van der Waals surface area contributed by atoms with Gasteiger partial charge in [-0.25, -0.2) is 12.8 Å². The highest BCUT2D eigenvalue weighted by molar-refractivity contribution is 7.92. The van der Waals surface area contributed by atoms with Crippen molar-refractivity contribution in [2.24, 2.45) is 5.73 Å². The molecule has 21 heavy (non-hydrogen) atoms. The Hall–Kier alpha value is -1.99. The number of anilines is 1. The van der Waals surface area contributed by atoms with Crippen molar-refractivity contribution in [3.63, 3.8) is 0 Å². The standard InChI is InChI=1S/C14H16FN3O2S/c15-13-2-1-3-14(12(13)10-16)18-21(19,20)9-6-11-4-7-17-8-5-11/h1-5,7-8,18H,6,9-10,16H2. The van der Waals surface area contributed by atoms with Gasteiger partial charge < -0.3 is 5.73 Å². The molecule has 3 N–H and O–H groups in total. The van der Waals surface area contributed by atoms with Crippen LogP contribution in [-0.4, -0.2) is 19.2 Å². The predicted octanol–water partition coefficient (Wildman–Crippen LogP) is 1.66. The fourth-order valence-electron chi connectivity index (χ4n) is 1.88. The van der Waals surface area contributed by atoms with Crippen molar-refractivity contribution in [3.05, 3.63) is 59.7 Å². The topological polar surface area (TPSA) is 85.1 Å². The van der Waals surface area contributed by atoms with Gasteiger partial charge in [0.15, 0.2) is 0 Å². The van der Waals surface area contributed by atoms with Gasteiger partial charge in [-0.05, 0) is 36.2 Å². The van der Waals surface area contributed by atoms with E-state index >= 15 is 0 Å². The van der Waals surface area contributed by atoms with E-state index < -0.39 is 15.8 Å². The Kier molecular flexibility index (Phi) is 4.87. The number of benzene rings is 1. The van der Waals surface area contributed by atoms with Crippen LogP contribution in [0.2, 0.25) is 0 Å². The molecule has 1 aromatic heterocycles. The van der Waals surface area contributed by atoms with E-state index in [4.69, 9.17) is 5.73 Å². The molecule has 0 aliphatic heterocycles. The van der Waals surface area contributed by atoms with Crippen LogP contribution in [0.25, 0.3) is 0 Å². The molecule has 2 rings (SSSR count). The van der Waals surface area contributed by atoms with Crippen LogP contribution in [-0.2, 0) is 23.0 Å². The summed E-state index contributed by atoms with van der Waals surface area (Å²) in [5.74, 6) is -0.621. The molecular weight excluding hydrogens is 293 g/mol. The molecular formula is C14H16FN3O2S. The van der Waals surface area contributed by atoms with Crippen LogP contribution in [0.1, 0.15) is 11.1 Å². The highest BCUT2D eigenvalue weighted by atomic mass is 32.2. The molecule has 0 aliphatic rings. The zero-order valence-corrected chi connectivity index (χ0v) is 12.1. The number of pyridine rings is 1. The molecule has 2 aromatic rings. The van der Waals surface area contributed by atoms with Crippen molar-refractivity contribution in [2.75, 3.05) is 10.5 Å². The quantitative estimate of drug-likeness (QED) is 0.850. The second-order valence-electron chi connectivity index (χ2n) is 4.50. The van der Waals surface area contributed by atoms with Crippen molar-refractivity contribution >= 4 is 15.7 Å². The molecule has 0 fully saturated rings. The van der Waals surface area contributed by atoms with Crippen LogP contribution >= 0.6 is 0 Å². The smallest absolute Gasteiger partial charge is 0.233 e. The van der Waals surface area contributed by atoms with Crippen molar-refractivity contribution in [1.82, 2.24) is 4.98 Å². The minimum absolute atomic E-state index is 0.0745. The van der Waals surface area contributed by atoms with E-state index in [-0.39, 0.29) is 23.5 Å². The fourth-order valence-corrected chi connectivity index (χ4v) is 3.01. The first-order valence-corrected chi connectivity index (χ1v) is 8.04. The summed E-state index contributed by atoms with van der Waals surface area (Å²) in [4.78, 5) is 3.87. The molecule has 0 atom stereocenters. The Balaban J connectivity index is 2.09. The molecule has 0 aliphatic carbocycles. The van der Waals surface area contributed by atoms with Crippen LogP contribution in [0.4, 0.5) is 10.1 Å². The first-order chi connectivity index (χ1) is 10.0. The van der Waals surface area contributed by atoms with Gasteiger partial charge in [-0.3, -0.25) is 9.71 Å². The minimum Gasteiger partial charge on any atom is -0.326 e. The number of hydrogen-bond acceptors (Lipinski definition) is 4. The summed E-state index contributed by atoms with van der Waals surface area (Å²) in [6.45, 7) is -0.0745. The monoisotopic (exact) mass is 309 g/mol. The van der Waals surface area contributed by atoms with E-state index in [0.29, 0.717) is 6.42 Å². The molecule has 0 saturated carbocycles. The van der Waals surface area contributed by atoms with E-state index in [0.717, 1.165) is 5.56 Å². The molecule has 5 nitrogen and oxygen atoms in total. The lowest BCUT2D eigenvalue weighted by atomic mass is 10.2. The van der Waals surface area contributed by atoms with E-state index in [2.05, 4.69) is 9.71 Å². The lowest BCUT2D eigenvalue weighted by Gasteiger charge is -2.12. The van der Waals surface area contributed by atoms with Gasteiger partial charge in [-0.1, -0.05) is 6.07 Å². The van der Waals surface area contributed by atoms with Gasteiger partial charge in [0, 0.05) is 24.5 Å². The SMILES string of the molecule is NCc1c(F)cccc1NS(=O)(=O)CCc1ccncc1. The largest absolute Gasteiger partial charge is 0.326 e. The maximum Gasteiger partial charge on any atom is 0.233 e. The van der Waals surface area contributed by atoms with Gasteiger partial charge in [-0.2, -0.15) is 0 Å². The van der Waals surface area contributed by atoms with Crippen molar-refractivity contribution < 1.29 is 12.8 Å². The van der Waals surface area contributed by atoms with Gasteiger partial charge in [-0.15, -0.1) is 0 Å². The molecule has 112 valence electrons. The van der Waals surface area contributed by atoms with Gasteiger partial charge in [0.1, 0.15) is 5.82 Å². The summed E-state index contributed by atoms with van der Waals surface area (Å²) in [5.41, 5.74) is 6.67. The third-order valence-electron chi connectivity index (χ3n) is 3.00. The highest BCUT2D eigenvalue weighted by Crippen LogP contribution is 2.19. The average molecular weight is 309 g/mol. The predicted molar refractivity (Wildman–Crippen MR) is 79.6 cm³/mol. The highest BCUT2D eigenvalue weighted by Gasteiger charge is 2.14. The summed E-state index contributed by atoms with van der Waals surface area (Å²) in [6.07, 6.45) is 3.56. The molecule has 0 radical (unpaired) electrons. The summed E-state index contributed by atoms with van der Waals surface area (Å²) in [6, 6.07) is 7.69. The van der Waals surface area contributed by atoms with E-state index in [1.807, 2.05) is 0 Å². The first kappa shape index (κ1) is 15.4. The maximum absolute atomic E-state index is 13.6. The summed E-state index contributed by atoms with van der Waals surface area (Å²) in [7, 11) is -3.57. The summed E-state index contributed by atoms with van der Waals surface area (Å²) >= 11 is 0. The van der Waals surface area contributed by atoms with Crippen LogP contribution in [0.15, 0.2) is 42.7 Å². The van der Waals surface area contributed by atoms with E-state index in [1.165, 1.54) is 18.2 Å². The lowest BCUT2D eigenvalue weighted by molar-refractivity contribution is 0.599. The zero-order valence-electron chi connectivity index (χ0n) is 11.3. The Bertz CT molecular complexity index is 705. The van der Waals surface area contributed by atoms with Gasteiger partial charge >= 0.3 is 0 Å². The third kappa shape index (κ3) is 4.24. The molecule has 1 aromatic carbocycles. The molecule has 0 unspecified atom stereocenters. The lowest BCUT2D eigenvalue weighted by Crippen LogP contribution is -2.20. The Morgan fingerprint density at radius 3 is 2.57 bits per heavy atom. The Morgan fingerprint density at radius 2 is 1.90 bits per heavy atom. The number of aromatic nitrogens is 1. The first-order valence-electron chi connectivity index (χ1n) is 6.38. The molecule has 0 amide bonds. The number of rotatable bonds is 6. The van der Waals surface area contributed by atoms with E-state index in [9.17, 15) is 12.8 Å². The Morgan fingerprint density at radius 1 is 1.19 bits per heavy atom. The molecule has 7 heteroatoms.